The summed E-state index contributed by atoms with van der Waals surface area (Å²) in [5, 5.41) is 3.53. The maximum absolute atomic E-state index is 12.5. The van der Waals surface area contributed by atoms with Gasteiger partial charge in [0.15, 0.2) is 18.1 Å². The molecule has 32 heavy (non-hydrogen) atoms. The van der Waals surface area contributed by atoms with E-state index in [-0.39, 0.29) is 31.1 Å². The molecule has 0 aliphatic rings. The molecule has 0 spiro atoms. The van der Waals surface area contributed by atoms with E-state index in [0.717, 1.165) is 10.9 Å². The van der Waals surface area contributed by atoms with Gasteiger partial charge in [-0.1, -0.05) is 0 Å². The quantitative estimate of drug-likeness (QED) is 0.489. The maximum atomic E-state index is 12.5. The summed E-state index contributed by atoms with van der Waals surface area (Å²) in [6.45, 7) is 1.50. The first-order valence-electron chi connectivity index (χ1n) is 9.81. The number of benzene rings is 2. The molecule has 3 rings (SSSR count). The lowest BCUT2D eigenvalue weighted by molar-refractivity contribution is -0.120. The fraction of sp³-hybridized carbons (Fsp3) is 0.261. The first-order chi connectivity index (χ1) is 15.3. The highest BCUT2D eigenvalue weighted by Crippen LogP contribution is 2.30. The van der Waals surface area contributed by atoms with E-state index in [0.29, 0.717) is 28.3 Å². The lowest BCUT2D eigenvalue weighted by atomic mass is 10.0. The van der Waals surface area contributed by atoms with E-state index in [1.807, 2.05) is 13.0 Å². The predicted molar refractivity (Wildman–Crippen MR) is 118 cm³/mol. The maximum Gasteiger partial charge on any atom is 0.339 e. The highest BCUT2D eigenvalue weighted by Gasteiger charge is 2.15. The molecule has 2 aromatic carbocycles. The molecule has 9 heteroatoms. The van der Waals surface area contributed by atoms with Gasteiger partial charge in [-0.05, 0) is 43.2 Å². The zero-order chi connectivity index (χ0) is 23.3. The number of nitrogens with one attached hydrogen (secondary N) is 1. The number of methoxy groups -OCH3 is 2. The number of hydrogen-bond donors (Lipinski definition) is 2. The molecule has 0 saturated carbocycles. The van der Waals surface area contributed by atoms with Crippen LogP contribution >= 0.6 is 0 Å². The van der Waals surface area contributed by atoms with Crippen molar-refractivity contribution in [1.82, 2.24) is 0 Å². The van der Waals surface area contributed by atoms with E-state index in [1.54, 1.807) is 24.3 Å². The molecule has 0 unspecified atom stereocenters. The summed E-state index contributed by atoms with van der Waals surface area (Å²) >= 11 is 0. The van der Waals surface area contributed by atoms with Crippen LogP contribution in [0.25, 0.3) is 11.0 Å². The van der Waals surface area contributed by atoms with E-state index in [2.05, 4.69) is 5.32 Å². The van der Waals surface area contributed by atoms with Crippen molar-refractivity contribution >= 4 is 28.5 Å². The monoisotopic (exact) mass is 440 g/mol. The molecule has 3 aromatic rings. The van der Waals surface area contributed by atoms with E-state index in [4.69, 9.17) is 24.4 Å². The summed E-state index contributed by atoms with van der Waals surface area (Å²) in [4.78, 5) is 35.9. The van der Waals surface area contributed by atoms with E-state index >= 15 is 0 Å². The molecule has 2 amide bonds. The minimum Gasteiger partial charge on any atom is -0.497 e. The Kier molecular flexibility index (Phi) is 6.99. The van der Waals surface area contributed by atoms with Crippen molar-refractivity contribution in [3.8, 4) is 17.2 Å². The number of carbonyl (C=O) groups excluding carboxylic acids is 2. The number of rotatable bonds is 9. The molecule has 0 aliphatic heterocycles. The molecular weight excluding hydrogens is 416 g/mol. The van der Waals surface area contributed by atoms with Gasteiger partial charge >= 0.3 is 5.63 Å². The Bertz CT molecular complexity index is 1220. The first kappa shape index (κ1) is 22.7. The number of nitrogens with two attached hydrogens (primary N) is 1. The molecule has 0 aliphatic carbocycles. The second-order valence-electron chi connectivity index (χ2n) is 7.02. The number of hydrogen-bond acceptors (Lipinski definition) is 7. The zero-order valence-corrected chi connectivity index (χ0v) is 18.0. The standard InChI is InChI=1S/C23H24N2O7/c1-13-16-6-5-15(29-2)11-19(16)32-23(28)17(13)7-9-22(27)25-14-4-8-18(30-3)20(10-14)31-12-21(24)26/h4-6,8,10-11H,7,9,12H2,1-3H3,(H2,24,26)(H,25,27). The number of fused-ring (bicyclic) bond motifs is 1. The molecule has 0 atom stereocenters. The van der Waals surface area contributed by atoms with Crippen molar-refractivity contribution in [1.29, 1.82) is 0 Å². The van der Waals surface area contributed by atoms with Crippen LogP contribution < -0.4 is 30.9 Å². The Morgan fingerprint density at radius 3 is 2.53 bits per heavy atom. The van der Waals surface area contributed by atoms with Crippen LogP contribution in [0.5, 0.6) is 17.2 Å². The second kappa shape index (κ2) is 9.86. The number of anilines is 1. The summed E-state index contributed by atoms with van der Waals surface area (Å²) in [6.07, 6.45) is 0.278. The fourth-order valence-electron chi connectivity index (χ4n) is 3.27. The van der Waals surface area contributed by atoms with Gasteiger partial charge in [-0.3, -0.25) is 9.59 Å². The largest absolute Gasteiger partial charge is 0.497 e. The van der Waals surface area contributed by atoms with Crippen LogP contribution in [0.1, 0.15) is 17.5 Å². The summed E-state index contributed by atoms with van der Waals surface area (Å²) in [6, 6.07) is 10.0. The molecule has 0 radical (unpaired) electrons. The molecule has 1 heterocycles. The molecule has 168 valence electrons. The molecular formula is C23H24N2O7. The minimum absolute atomic E-state index is 0.0662. The first-order valence-corrected chi connectivity index (χ1v) is 9.81. The van der Waals surface area contributed by atoms with Crippen LogP contribution in [0.3, 0.4) is 0 Å². The molecule has 0 fully saturated rings. The Morgan fingerprint density at radius 1 is 1.06 bits per heavy atom. The molecule has 0 saturated heterocycles. The number of carbonyl (C=O) groups is 2. The van der Waals surface area contributed by atoms with Crippen LogP contribution in [-0.4, -0.2) is 32.6 Å². The third-order valence-electron chi connectivity index (χ3n) is 4.91. The van der Waals surface area contributed by atoms with Crippen LogP contribution in [0.4, 0.5) is 5.69 Å². The number of amides is 2. The van der Waals surface area contributed by atoms with Crippen molar-refractivity contribution in [2.75, 3.05) is 26.1 Å². The Labute approximate surface area is 184 Å². The van der Waals surface area contributed by atoms with Gasteiger partial charge in [-0.2, -0.15) is 0 Å². The zero-order valence-electron chi connectivity index (χ0n) is 18.0. The van der Waals surface area contributed by atoms with Gasteiger partial charge in [-0.25, -0.2) is 4.79 Å². The van der Waals surface area contributed by atoms with E-state index in [1.165, 1.54) is 20.3 Å². The highest BCUT2D eigenvalue weighted by molar-refractivity contribution is 5.91. The summed E-state index contributed by atoms with van der Waals surface area (Å²) in [7, 11) is 2.99. The molecule has 3 N–H and O–H groups in total. The number of primary amides is 1. The van der Waals surface area contributed by atoms with Gasteiger partial charge in [0.2, 0.25) is 5.91 Å². The van der Waals surface area contributed by atoms with Crippen molar-refractivity contribution < 1.29 is 28.2 Å². The molecule has 9 nitrogen and oxygen atoms in total. The van der Waals surface area contributed by atoms with Crippen molar-refractivity contribution in [2.45, 2.75) is 19.8 Å². The van der Waals surface area contributed by atoms with Crippen LogP contribution in [0.2, 0.25) is 0 Å². The average molecular weight is 440 g/mol. The van der Waals surface area contributed by atoms with Gasteiger partial charge in [0.1, 0.15) is 11.3 Å². The van der Waals surface area contributed by atoms with Gasteiger partial charge < -0.3 is 29.7 Å². The lowest BCUT2D eigenvalue weighted by Crippen LogP contribution is -2.20. The van der Waals surface area contributed by atoms with Gasteiger partial charge in [0.05, 0.1) is 14.2 Å². The number of aryl methyl sites for hydroxylation is 1. The van der Waals surface area contributed by atoms with E-state index in [9.17, 15) is 14.4 Å². The van der Waals surface area contributed by atoms with Gasteiger partial charge in [-0.15, -0.1) is 0 Å². The number of ether oxygens (including phenoxy) is 3. The van der Waals surface area contributed by atoms with Gasteiger partial charge in [0.25, 0.3) is 5.91 Å². The minimum atomic E-state index is -0.635. The highest BCUT2D eigenvalue weighted by atomic mass is 16.5. The Morgan fingerprint density at radius 2 is 1.84 bits per heavy atom. The lowest BCUT2D eigenvalue weighted by Gasteiger charge is -2.12. The third kappa shape index (κ3) is 5.18. The topological polar surface area (TPSA) is 130 Å². The smallest absolute Gasteiger partial charge is 0.339 e. The summed E-state index contributed by atoms with van der Waals surface area (Å²) < 4.78 is 21.1. The van der Waals surface area contributed by atoms with E-state index < -0.39 is 11.5 Å². The Hall–Kier alpha value is -4.01. The predicted octanol–water partition coefficient (Wildman–Crippen LogP) is 2.55. The van der Waals surface area contributed by atoms with Gasteiger partial charge in [0, 0.05) is 35.2 Å². The van der Waals surface area contributed by atoms with Crippen molar-refractivity contribution in [2.24, 2.45) is 5.73 Å². The SMILES string of the molecule is COc1ccc2c(C)c(CCC(=O)Nc3ccc(OC)c(OCC(N)=O)c3)c(=O)oc2c1. The normalized spacial score (nSPS) is 10.6. The second-order valence-corrected chi connectivity index (χ2v) is 7.02. The van der Waals surface area contributed by atoms with Crippen LogP contribution in [0.15, 0.2) is 45.6 Å². The van der Waals surface area contributed by atoms with Crippen LogP contribution in [-0.2, 0) is 16.0 Å². The average Bonchev–Trinajstić information content (AvgIpc) is 2.77. The Balaban J connectivity index is 1.72. The summed E-state index contributed by atoms with van der Waals surface area (Å²) in [5.74, 6) is 0.316. The van der Waals surface area contributed by atoms with Crippen LogP contribution in [0, 0.1) is 6.92 Å². The molecule has 0 bridgehead atoms. The summed E-state index contributed by atoms with van der Waals surface area (Å²) in [5.41, 5.74) is 6.71. The van der Waals surface area contributed by atoms with Crippen molar-refractivity contribution in [3.05, 3.63) is 57.9 Å². The molecule has 1 aromatic heterocycles. The third-order valence-corrected chi connectivity index (χ3v) is 4.91. The fourth-order valence-corrected chi connectivity index (χ4v) is 3.27. The van der Waals surface area contributed by atoms with Crippen molar-refractivity contribution in [3.63, 3.8) is 0 Å².